The second-order valence-electron chi connectivity index (χ2n) is 3.01. The van der Waals surface area contributed by atoms with Crippen LogP contribution in [0.5, 0.6) is 0 Å². The SMILES string of the molecule is CCCc1c[pH]cc1CCC. The monoisotopic (exact) mass is 168 g/mol. The zero-order chi connectivity index (χ0) is 8.10. The molecule has 0 radical (unpaired) electrons. The van der Waals surface area contributed by atoms with Crippen LogP contribution >= 0.6 is 8.19 Å². The van der Waals surface area contributed by atoms with Crippen molar-refractivity contribution in [1.82, 2.24) is 0 Å². The maximum atomic E-state index is 2.41. The molecule has 0 nitrogen and oxygen atoms in total. The van der Waals surface area contributed by atoms with Crippen LogP contribution in [0.4, 0.5) is 0 Å². The quantitative estimate of drug-likeness (QED) is 0.644. The van der Waals surface area contributed by atoms with E-state index in [4.69, 9.17) is 0 Å². The Morgan fingerprint density at radius 1 is 1.00 bits per heavy atom. The second-order valence-corrected chi connectivity index (χ2v) is 3.92. The number of hydrogen-bond donors (Lipinski definition) is 0. The van der Waals surface area contributed by atoms with Crippen molar-refractivity contribution in [3.05, 3.63) is 22.7 Å². The van der Waals surface area contributed by atoms with E-state index in [-0.39, 0.29) is 0 Å². The molecule has 0 bridgehead atoms. The first kappa shape index (κ1) is 8.87. The van der Waals surface area contributed by atoms with Crippen LogP contribution in [-0.4, -0.2) is 0 Å². The Morgan fingerprint density at radius 3 is 1.82 bits per heavy atom. The van der Waals surface area contributed by atoms with Crippen molar-refractivity contribution in [2.45, 2.75) is 39.5 Å². The van der Waals surface area contributed by atoms with Gasteiger partial charge in [-0.2, -0.15) is 0 Å². The summed E-state index contributed by atoms with van der Waals surface area (Å²) in [6, 6.07) is 0. The van der Waals surface area contributed by atoms with Crippen molar-refractivity contribution in [3.8, 4) is 0 Å². The Kier molecular flexibility index (Phi) is 3.72. The van der Waals surface area contributed by atoms with Gasteiger partial charge in [-0.1, -0.05) is 26.7 Å². The minimum atomic E-state index is 0.965. The molecule has 1 heterocycles. The van der Waals surface area contributed by atoms with Crippen LogP contribution < -0.4 is 0 Å². The summed E-state index contributed by atoms with van der Waals surface area (Å²) in [7, 11) is 0.965. The van der Waals surface area contributed by atoms with E-state index in [2.05, 4.69) is 25.4 Å². The standard InChI is InChI=1S/C10H17P/c1-3-5-9-7-11-8-10(9)6-4-2/h7-8,11H,3-6H2,1-2H3. The molecule has 0 atom stereocenters. The first-order valence-corrected chi connectivity index (χ1v) is 5.68. The van der Waals surface area contributed by atoms with Crippen molar-refractivity contribution < 1.29 is 0 Å². The summed E-state index contributed by atoms with van der Waals surface area (Å²) in [6.07, 6.45) is 5.16. The molecule has 0 amide bonds. The average molecular weight is 168 g/mol. The summed E-state index contributed by atoms with van der Waals surface area (Å²) in [6.45, 7) is 4.51. The van der Waals surface area contributed by atoms with Gasteiger partial charge in [-0.15, -0.1) is 8.19 Å². The van der Waals surface area contributed by atoms with Gasteiger partial charge in [-0.25, -0.2) is 0 Å². The van der Waals surface area contributed by atoms with Crippen molar-refractivity contribution >= 4 is 8.19 Å². The van der Waals surface area contributed by atoms with Gasteiger partial charge in [-0.05, 0) is 35.6 Å². The van der Waals surface area contributed by atoms with E-state index in [1.54, 1.807) is 11.1 Å². The molecular weight excluding hydrogens is 151 g/mol. The Morgan fingerprint density at radius 2 is 1.45 bits per heavy atom. The predicted octanol–water partition coefficient (Wildman–Crippen LogP) is 3.62. The summed E-state index contributed by atoms with van der Waals surface area (Å²) in [5, 5.41) is 0. The molecule has 0 aliphatic rings. The molecular formula is C10H17P. The van der Waals surface area contributed by atoms with E-state index in [0.29, 0.717) is 0 Å². The average Bonchev–Trinajstić information content (AvgIpc) is 2.39. The lowest BCUT2D eigenvalue weighted by Crippen LogP contribution is -1.87. The van der Waals surface area contributed by atoms with E-state index in [9.17, 15) is 0 Å². The largest absolute Gasteiger partial charge is 0.139 e. The summed E-state index contributed by atoms with van der Waals surface area (Å²) < 4.78 is 0. The topological polar surface area (TPSA) is 0 Å². The molecule has 0 N–H and O–H groups in total. The zero-order valence-electron chi connectivity index (χ0n) is 7.48. The summed E-state index contributed by atoms with van der Waals surface area (Å²) >= 11 is 0. The molecule has 0 saturated heterocycles. The highest BCUT2D eigenvalue weighted by molar-refractivity contribution is 7.28. The lowest BCUT2D eigenvalue weighted by molar-refractivity contribution is 0.869. The van der Waals surface area contributed by atoms with Crippen molar-refractivity contribution in [2.24, 2.45) is 0 Å². The minimum absolute atomic E-state index is 0.965. The highest BCUT2D eigenvalue weighted by Gasteiger charge is 1.99. The number of hydrogen-bond acceptors (Lipinski definition) is 0. The summed E-state index contributed by atoms with van der Waals surface area (Å²) in [5.74, 6) is 4.82. The normalized spacial score (nSPS) is 10.4. The molecule has 0 unspecified atom stereocenters. The van der Waals surface area contributed by atoms with Gasteiger partial charge in [0.15, 0.2) is 0 Å². The molecule has 1 heteroatoms. The molecule has 62 valence electrons. The molecule has 0 aliphatic carbocycles. The highest BCUT2D eigenvalue weighted by atomic mass is 31.0. The van der Waals surface area contributed by atoms with E-state index < -0.39 is 0 Å². The van der Waals surface area contributed by atoms with Gasteiger partial charge in [0.25, 0.3) is 0 Å². The van der Waals surface area contributed by atoms with Crippen LogP contribution in [0.25, 0.3) is 0 Å². The van der Waals surface area contributed by atoms with Crippen LogP contribution in [0.1, 0.15) is 37.8 Å². The minimum Gasteiger partial charge on any atom is -0.139 e. The zero-order valence-corrected chi connectivity index (χ0v) is 8.48. The van der Waals surface area contributed by atoms with E-state index in [1.807, 2.05) is 0 Å². The van der Waals surface area contributed by atoms with Crippen molar-refractivity contribution in [3.63, 3.8) is 0 Å². The van der Waals surface area contributed by atoms with Crippen LogP contribution in [-0.2, 0) is 12.8 Å². The molecule has 11 heavy (non-hydrogen) atoms. The summed E-state index contributed by atoms with van der Waals surface area (Å²) in [5.41, 5.74) is 3.26. The van der Waals surface area contributed by atoms with Crippen molar-refractivity contribution in [1.29, 1.82) is 0 Å². The van der Waals surface area contributed by atoms with Crippen LogP contribution in [0.15, 0.2) is 11.6 Å². The Bertz CT molecular complexity index is 180. The van der Waals surface area contributed by atoms with Crippen LogP contribution in [0.2, 0.25) is 0 Å². The molecule has 0 spiro atoms. The molecule has 0 saturated carbocycles. The second kappa shape index (κ2) is 4.62. The molecule has 0 aromatic carbocycles. The number of aryl methyl sites for hydroxylation is 2. The molecule has 1 aromatic rings. The van der Waals surface area contributed by atoms with E-state index >= 15 is 0 Å². The number of rotatable bonds is 4. The molecule has 0 aliphatic heterocycles. The lowest BCUT2D eigenvalue weighted by Gasteiger charge is -1.99. The van der Waals surface area contributed by atoms with Gasteiger partial charge in [0.1, 0.15) is 0 Å². The van der Waals surface area contributed by atoms with Gasteiger partial charge in [-0.3, -0.25) is 0 Å². The van der Waals surface area contributed by atoms with Crippen molar-refractivity contribution in [2.75, 3.05) is 0 Å². The molecule has 0 fully saturated rings. The molecule has 1 rings (SSSR count). The van der Waals surface area contributed by atoms with Gasteiger partial charge in [0.2, 0.25) is 0 Å². The maximum absolute atomic E-state index is 2.41. The lowest BCUT2D eigenvalue weighted by atomic mass is 10.1. The fourth-order valence-electron chi connectivity index (χ4n) is 1.43. The smallest absolute Gasteiger partial charge is 0.0275 e. The Balaban J connectivity index is 2.62. The molecule has 1 aromatic heterocycles. The third-order valence-electron chi connectivity index (χ3n) is 1.97. The van der Waals surface area contributed by atoms with Crippen LogP contribution in [0, 0.1) is 0 Å². The first-order chi connectivity index (χ1) is 5.38. The fraction of sp³-hybridized carbons (Fsp3) is 0.600. The third-order valence-corrected chi connectivity index (χ3v) is 3.00. The highest BCUT2D eigenvalue weighted by Crippen LogP contribution is 2.21. The fourth-order valence-corrected chi connectivity index (χ4v) is 2.58. The Labute approximate surface area is 71.1 Å². The van der Waals surface area contributed by atoms with E-state index in [0.717, 1.165) is 8.19 Å². The Hall–Kier alpha value is -0.220. The van der Waals surface area contributed by atoms with Gasteiger partial charge in [0, 0.05) is 0 Å². The van der Waals surface area contributed by atoms with Gasteiger partial charge < -0.3 is 0 Å². The predicted molar refractivity (Wildman–Crippen MR) is 53.9 cm³/mol. The first-order valence-electron chi connectivity index (χ1n) is 4.53. The maximum Gasteiger partial charge on any atom is -0.0275 e. The van der Waals surface area contributed by atoms with Crippen LogP contribution in [0.3, 0.4) is 0 Å². The third kappa shape index (κ3) is 2.38. The summed E-state index contributed by atoms with van der Waals surface area (Å²) in [4.78, 5) is 0. The van der Waals surface area contributed by atoms with Gasteiger partial charge in [0.05, 0.1) is 0 Å². The van der Waals surface area contributed by atoms with E-state index in [1.165, 1.54) is 25.7 Å². The van der Waals surface area contributed by atoms with Gasteiger partial charge >= 0.3 is 0 Å².